The van der Waals surface area contributed by atoms with Crippen molar-refractivity contribution < 1.29 is 26.9 Å². The Morgan fingerprint density at radius 1 is 1.33 bits per heavy atom. The molecule has 1 aromatic rings. The molecule has 0 saturated heterocycles. The van der Waals surface area contributed by atoms with Crippen LogP contribution in [0.2, 0.25) is 0 Å². The zero-order valence-electron chi connectivity index (χ0n) is 13.9. The second kappa shape index (κ2) is 7.99. The minimum Gasteiger partial charge on any atom is -0.469 e. The monoisotopic (exact) mass is 428 g/mol. The van der Waals surface area contributed by atoms with E-state index in [-0.39, 0.29) is 5.56 Å². The van der Waals surface area contributed by atoms with Gasteiger partial charge in [0.05, 0.1) is 18.9 Å². The summed E-state index contributed by atoms with van der Waals surface area (Å²) in [6, 6.07) is 3.60. The Kier molecular flexibility index (Phi) is 7.04. The minimum absolute atomic E-state index is 0.352. The lowest BCUT2D eigenvalue weighted by atomic mass is 9.79. The first kappa shape index (κ1) is 21.2. The van der Waals surface area contributed by atoms with Crippen molar-refractivity contribution in [1.29, 1.82) is 0 Å². The van der Waals surface area contributed by atoms with E-state index in [0.29, 0.717) is 4.47 Å². The highest BCUT2D eigenvalue weighted by Crippen LogP contribution is 2.40. The highest BCUT2D eigenvalue weighted by atomic mass is 79.9. The summed E-state index contributed by atoms with van der Waals surface area (Å²) in [4.78, 5) is 11.7. The summed E-state index contributed by atoms with van der Waals surface area (Å²) in [5, 5.41) is 0. The van der Waals surface area contributed by atoms with Crippen LogP contribution in [-0.4, -0.2) is 34.2 Å². The Morgan fingerprint density at radius 3 is 2.38 bits per heavy atom. The van der Waals surface area contributed by atoms with Crippen LogP contribution in [-0.2, 0) is 25.7 Å². The van der Waals surface area contributed by atoms with Gasteiger partial charge in [-0.3, -0.25) is 9.00 Å². The fraction of sp³-hybridized carbons (Fsp3) is 0.562. The maximum Gasteiger partial charge on any atom is 0.306 e. The number of carbonyl (C=O) groups excluding carboxylic acids is 1. The first-order valence-electron chi connectivity index (χ1n) is 7.13. The molecule has 0 bridgehead atoms. The van der Waals surface area contributed by atoms with Crippen molar-refractivity contribution in [2.24, 2.45) is 0 Å². The third-order valence-electron chi connectivity index (χ3n) is 3.64. The molecule has 0 aliphatic rings. The number of ether oxygens (including phenoxy) is 1. The topological polar surface area (TPSA) is 43.4 Å². The number of esters is 1. The number of benzene rings is 1. The van der Waals surface area contributed by atoms with E-state index in [4.69, 9.17) is 0 Å². The molecular formula is C16H20BrF3O3S. The van der Waals surface area contributed by atoms with Gasteiger partial charge in [0.25, 0.3) is 0 Å². The van der Waals surface area contributed by atoms with E-state index in [2.05, 4.69) is 20.7 Å². The van der Waals surface area contributed by atoms with Crippen LogP contribution in [0.5, 0.6) is 0 Å². The van der Waals surface area contributed by atoms with E-state index < -0.39 is 51.3 Å². The second-order valence-electron chi connectivity index (χ2n) is 6.44. The fourth-order valence-electron chi connectivity index (χ4n) is 2.14. The number of carbonyl (C=O) groups is 1. The summed E-state index contributed by atoms with van der Waals surface area (Å²) in [7, 11) is -0.665. The lowest BCUT2D eigenvalue weighted by Crippen LogP contribution is -2.45. The van der Waals surface area contributed by atoms with Gasteiger partial charge in [0, 0.05) is 31.3 Å². The van der Waals surface area contributed by atoms with Crippen LogP contribution in [0.3, 0.4) is 0 Å². The third-order valence-corrected chi connectivity index (χ3v) is 6.28. The average Bonchev–Trinajstić information content (AvgIpc) is 2.47. The van der Waals surface area contributed by atoms with Crippen LogP contribution >= 0.6 is 15.9 Å². The summed E-state index contributed by atoms with van der Waals surface area (Å²) < 4.78 is 59.1. The molecule has 8 heteroatoms. The van der Waals surface area contributed by atoms with E-state index in [1.165, 1.54) is 12.1 Å². The molecule has 0 aliphatic heterocycles. The van der Waals surface area contributed by atoms with Crippen molar-refractivity contribution in [2.75, 3.05) is 12.9 Å². The summed E-state index contributed by atoms with van der Waals surface area (Å²) in [5.74, 6) is -2.36. The van der Waals surface area contributed by atoms with Gasteiger partial charge in [-0.2, -0.15) is 0 Å². The Hall–Kier alpha value is -0.890. The number of alkyl halides is 2. The molecule has 1 unspecified atom stereocenters. The van der Waals surface area contributed by atoms with Gasteiger partial charge >= 0.3 is 5.97 Å². The highest BCUT2D eigenvalue weighted by molar-refractivity contribution is 9.10. The number of methoxy groups -OCH3 is 1. The molecule has 0 spiro atoms. The molecule has 0 saturated carbocycles. The summed E-state index contributed by atoms with van der Waals surface area (Å²) in [6.07, 6.45) is -3.87. The van der Waals surface area contributed by atoms with E-state index in [1.807, 2.05) is 0 Å². The molecule has 3 nitrogen and oxygen atoms in total. The molecule has 2 atom stereocenters. The predicted octanol–water partition coefficient (Wildman–Crippen LogP) is 4.20. The van der Waals surface area contributed by atoms with Gasteiger partial charge in [0.1, 0.15) is 5.82 Å². The van der Waals surface area contributed by atoms with Crippen molar-refractivity contribution in [3.05, 3.63) is 34.1 Å². The highest BCUT2D eigenvalue weighted by Gasteiger charge is 2.48. The predicted molar refractivity (Wildman–Crippen MR) is 91.2 cm³/mol. The van der Waals surface area contributed by atoms with Crippen molar-refractivity contribution in [3.8, 4) is 0 Å². The number of rotatable bonds is 6. The van der Waals surface area contributed by atoms with Crippen LogP contribution in [0.4, 0.5) is 13.2 Å². The van der Waals surface area contributed by atoms with E-state index in [9.17, 15) is 22.2 Å². The largest absolute Gasteiger partial charge is 0.469 e. The van der Waals surface area contributed by atoms with Crippen LogP contribution in [0.25, 0.3) is 0 Å². The van der Waals surface area contributed by atoms with Crippen molar-refractivity contribution >= 4 is 32.7 Å². The second-order valence-corrected chi connectivity index (χ2v) is 9.56. The van der Waals surface area contributed by atoms with Gasteiger partial charge in [0.2, 0.25) is 6.43 Å². The van der Waals surface area contributed by atoms with E-state index in [0.717, 1.165) is 13.2 Å². The molecule has 1 rings (SSSR count). The molecule has 0 heterocycles. The smallest absolute Gasteiger partial charge is 0.306 e. The third kappa shape index (κ3) is 4.81. The summed E-state index contributed by atoms with van der Waals surface area (Å²) in [5.41, 5.74) is -2.59. The first-order valence-corrected chi connectivity index (χ1v) is 9.24. The molecule has 0 fully saturated rings. The van der Waals surface area contributed by atoms with Crippen LogP contribution in [0.15, 0.2) is 22.7 Å². The molecule has 0 aromatic heterocycles. The SMILES string of the molecule is COC(=O)CC(C[S@@](=O)C(C)(C)C)(c1cc(Br)ccc1F)C(F)F. The first-order chi connectivity index (χ1) is 10.9. The lowest BCUT2D eigenvalue weighted by Gasteiger charge is -2.34. The Bertz CT molecular complexity index is 631. The van der Waals surface area contributed by atoms with Crippen molar-refractivity contribution in [2.45, 2.75) is 43.8 Å². The molecule has 136 valence electrons. The maximum absolute atomic E-state index is 14.3. The molecule has 0 aliphatic carbocycles. The minimum atomic E-state index is -3.10. The standard InChI is InChI=1S/C16H20BrF3O3S/c1-15(2,3)24(22)9-16(14(19)20,8-13(21)23-4)11-7-10(17)5-6-12(11)18/h5-7,14H,8-9H2,1-4H3/t16?,24-/m1/s1. The van der Waals surface area contributed by atoms with Crippen molar-refractivity contribution in [1.82, 2.24) is 0 Å². The van der Waals surface area contributed by atoms with Crippen LogP contribution in [0, 0.1) is 5.82 Å². The van der Waals surface area contributed by atoms with Gasteiger partial charge in [-0.05, 0) is 39.0 Å². The molecule has 1 aromatic carbocycles. The average molecular weight is 429 g/mol. The maximum atomic E-state index is 14.3. The fourth-order valence-corrected chi connectivity index (χ4v) is 3.79. The van der Waals surface area contributed by atoms with Gasteiger partial charge in [-0.15, -0.1) is 0 Å². The molecule has 0 amide bonds. The van der Waals surface area contributed by atoms with Gasteiger partial charge in [-0.25, -0.2) is 13.2 Å². The Labute approximate surface area is 150 Å². The summed E-state index contributed by atoms with van der Waals surface area (Å²) in [6.45, 7) is 4.90. The normalized spacial score (nSPS) is 15.9. The zero-order valence-corrected chi connectivity index (χ0v) is 16.3. The molecular weight excluding hydrogens is 409 g/mol. The molecule has 24 heavy (non-hydrogen) atoms. The lowest BCUT2D eigenvalue weighted by molar-refractivity contribution is -0.143. The van der Waals surface area contributed by atoms with E-state index >= 15 is 0 Å². The van der Waals surface area contributed by atoms with Gasteiger partial charge < -0.3 is 4.74 Å². The van der Waals surface area contributed by atoms with Gasteiger partial charge in [-0.1, -0.05) is 15.9 Å². The molecule has 0 N–H and O–H groups in total. The number of hydrogen-bond acceptors (Lipinski definition) is 3. The Balaban J connectivity index is 3.55. The molecule has 0 radical (unpaired) electrons. The van der Waals surface area contributed by atoms with Gasteiger partial charge in [0.15, 0.2) is 0 Å². The Morgan fingerprint density at radius 2 is 1.92 bits per heavy atom. The van der Waals surface area contributed by atoms with Crippen LogP contribution < -0.4 is 0 Å². The summed E-state index contributed by atoms with van der Waals surface area (Å²) >= 11 is 3.12. The van der Waals surface area contributed by atoms with E-state index in [1.54, 1.807) is 20.8 Å². The number of hydrogen-bond donors (Lipinski definition) is 0. The quantitative estimate of drug-likeness (QED) is 0.637. The zero-order chi connectivity index (χ0) is 18.7. The van der Waals surface area contributed by atoms with Crippen molar-refractivity contribution in [3.63, 3.8) is 0 Å². The number of halogens is 4. The van der Waals surface area contributed by atoms with Crippen LogP contribution in [0.1, 0.15) is 32.8 Å².